The normalized spacial score (nSPS) is 9.92. The monoisotopic (exact) mass is 246 g/mol. The van der Waals surface area contributed by atoms with Crippen molar-refractivity contribution < 1.29 is 4.74 Å². The van der Waals surface area contributed by atoms with Gasteiger partial charge in [-0.1, -0.05) is 22.9 Å². The smallest absolute Gasteiger partial charge is 0.132 e. The summed E-state index contributed by atoms with van der Waals surface area (Å²) in [5.41, 5.74) is 0. The molecule has 0 N–H and O–H groups in total. The fraction of sp³-hybridized carbons (Fsp3) is 0.333. The molecule has 0 spiro atoms. The second-order valence-electron chi connectivity index (χ2n) is 2.46. The van der Waals surface area contributed by atoms with Gasteiger partial charge in [0.15, 0.2) is 0 Å². The van der Waals surface area contributed by atoms with Crippen LogP contribution in [0.3, 0.4) is 0 Å². The standard InChI is InChI=1S/C9H11BrOS/c1-2-5-11-8-4-3-7(10)6-9(8)12/h3-4,6,12H,2,5H2,1H3. The third-order valence-corrected chi connectivity index (χ3v) is 2.23. The van der Waals surface area contributed by atoms with Crippen LogP contribution in [0.4, 0.5) is 0 Å². The van der Waals surface area contributed by atoms with Crippen LogP contribution in [0.2, 0.25) is 0 Å². The molecule has 0 atom stereocenters. The summed E-state index contributed by atoms with van der Waals surface area (Å²) in [5.74, 6) is 0.850. The topological polar surface area (TPSA) is 9.23 Å². The highest BCUT2D eigenvalue weighted by Gasteiger charge is 1.99. The van der Waals surface area contributed by atoms with Crippen LogP contribution in [-0.2, 0) is 0 Å². The number of hydrogen-bond donors (Lipinski definition) is 1. The Labute approximate surface area is 86.7 Å². The van der Waals surface area contributed by atoms with Gasteiger partial charge in [-0.2, -0.15) is 0 Å². The quantitative estimate of drug-likeness (QED) is 0.804. The van der Waals surface area contributed by atoms with E-state index >= 15 is 0 Å². The average Bonchev–Trinajstić information content (AvgIpc) is 2.03. The molecule has 1 rings (SSSR count). The van der Waals surface area contributed by atoms with Crippen molar-refractivity contribution in [2.24, 2.45) is 0 Å². The van der Waals surface area contributed by atoms with E-state index in [0.29, 0.717) is 0 Å². The van der Waals surface area contributed by atoms with Crippen molar-refractivity contribution in [2.45, 2.75) is 18.2 Å². The Morgan fingerprint density at radius 2 is 2.25 bits per heavy atom. The molecule has 0 radical (unpaired) electrons. The molecule has 1 aromatic rings. The second kappa shape index (κ2) is 4.77. The summed E-state index contributed by atoms with van der Waals surface area (Å²) in [5, 5.41) is 0. The first-order valence-corrected chi connectivity index (χ1v) is 5.09. The van der Waals surface area contributed by atoms with Crippen molar-refractivity contribution in [2.75, 3.05) is 6.61 Å². The third kappa shape index (κ3) is 2.72. The molecule has 66 valence electrons. The van der Waals surface area contributed by atoms with Gasteiger partial charge in [0.05, 0.1) is 6.61 Å². The highest BCUT2D eigenvalue weighted by molar-refractivity contribution is 9.10. The molecule has 0 aromatic heterocycles. The zero-order valence-electron chi connectivity index (χ0n) is 6.88. The van der Waals surface area contributed by atoms with Gasteiger partial charge in [-0.15, -0.1) is 12.6 Å². The minimum Gasteiger partial charge on any atom is -0.492 e. The van der Waals surface area contributed by atoms with Gasteiger partial charge in [0.25, 0.3) is 0 Å². The van der Waals surface area contributed by atoms with Crippen molar-refractivity contribution in [3.8, 4) is 5.75 Å². The van der Waals surface area contributed by atoms with Crippen LogP contribution in [0.25, 0.3) is 0 Å². The van der Waals surface area contributed by atoms with Gasteiger partial charge >= 0.3 is 0 Å². The number of ether oxygens (including phenoxy) is 1. The predicted octanol–water partition coefficient (Wildman–Crippen LogP) is 3.53. The van der Waals surface area contributed by atoms with Gasteiger partial charge in [0, 0.05) is 9.37 Å². The zero-order valence-corrected chi connectivity index (χ0v) is 9.36. The SMILES string of the molecule is CCCOc1ccc(Br)cc1S. The highest BCUT2D eigenvalue weighted by Crippen LogP contribution is 2.26. The van der Waals surface area contributed by atoms with Gasteiger partial charge in [-0.05, 0) is 24.6 Å². The number of rotatable bonds is 3. The van der Waals surface area contributed by atoms with E-state index in [9.17, 15) is 0 Å². The molecular weight excluding hydrogens is 236 g/mol. The number of hydrogen-bond acceptors (Lipinski definition) is 2. The average molecular weight is 247 g/mol. The van der Waals surface area contributed by atoms with E-state index in [-0.39, 0.29) is 0 Å². The highest BCUT2D eigenvalue weighted by atomic mass is 79.9. The summed E-state index contributed by atoms with van der Waals surface area (Å²) < 4.78 is 6.47. The Bertz CT molecular complexity index is 263. The Kier molecular flexibility index (Phi) is 3.95. The van der Waals surface area contributed by atoms with E-state index in [1.54, 1.807) is 0 Å². The van der Waals surface area contributed by atoms with Crippen LogP contribution >= 0.6 is 28.6 Å². The Morgan fingerprint density at radius 3 is 2.83 bits per heavy atom. The molecule has 0 heterocycles. The van der Waals surface area contributed by atoms with Gasteiger partial charge in [-0.25, -0.2) is 0 Å². The van der Waals surface area contributed by atoms with E-state index in [2.05, 4.69) is 35.5 Å². The molecule has 0 unspecified atom stereocenters. The molecule has 1 nitrogen and oxygen atoms in total. The number of halogens is 1. The van der Waals surface area contributed by atoms with Crippen LogP contribution in [0.1, 0.15) is 13.3 Å². The summed E-state index contributed by atoms with van der Waals surface area (Å²) in [6.07, 6.45) is 1.02. The molecule has 0 aliphatic carbocycles. The molecule has 0 saturated heterocycles. The maximum absolute atomic E-state index is 5.44. The van der Waals surface area contributed by atoms with Crippen LogP contribution < -0.4 is 4.74 Å². The van der Waals surface area contributed by atoms with Gasteiger partial charge in [-0.3, -0.25) is 0 Å². The molecule has 3 heteroatoms. The summed E-state index contributed by atoms with van der Waals surface area (Å²) in [7, 11) is 0. The maximum Gasteiger partial charge on any atom is 0.132 e. The maximum atomic E-state index is 5.44. The van der Waals surface area contributed by atoms with Crippen LogP contribution in [0.5, 0.6) is 5.75 Å². The van der Waals surface area contributed by atoms with Crippen molar-refractivity contribution in [1.29, 1.82) is 0 Å². The van der Waals surface area contributed by atoms with Crippen molar-refractivity contribution in [3.63, 3.8) is 0 Å². The first-order valence-electron chi connectivity index (χ1n) is 3.85. The first kappa shape index (κ1) is 9.93. The van der Waals surface area contributed by atoms with E-state index in [1.807, 2.05) is 18.2 Å². The molecule has 0 aliphatic heterocycles. The van der Waals surface area contributed by atoms with Crippen molar-refractivity contribution >= 4 is 28.6 Å². The first-order chi connectivity index (χ1) is 5.74. The minimum atomic E-state index is 0.745. The molecule has 0 aliphatic rings. The second-order valence-corrected chi connectivity index (χ2v) is 3.86. The van der Waals surface area contributed by atoms with Crippen LogP contribution in [0, 0.1) is 0 Å². The molecule has 12 heavy (non-hydrogen) atoms. The molecule has 0 saturated carbocycles. The summed E-state index contributed by atoms with van der Waals surface area (Å²) in [6.45, 7) is 2.83. The van der Waals surface area contributed by atoms with E-state index in [1.165, 1.54) is 0 Å². The molecule has 1 aromatic carbocycles. The molecule has 0 bridgehead atoms. The van der Waals surface area contributed by atoms with Gasteiger partial charge in [0.1, 0.15) is 5.75 Å². The Balaban J connectivity index is 2.72. The number of thiol groups is 1. The summed E-state index contributed by atoms with van der Waals surface area (Å²) in [6, 6.07) is 5.79. The number of benzene rings is 1. The van der Waals surface area contributed by atoms with E-state index in [0.717, 1.165) is 28.1 Å². The summed E-state index contributed by atoms with van der Waals surface area (Å²) in [4.78, 5) is 0.873. The summed E-state index contributed by atoms with van der Waals surface area (Å²) >= 11 is 7.65. The fourth-order valence-corrected chi connectivity index (χ4v) is 1.64. The molecular formula is C9H11BrOS. The van der Waals surface area contributed by atoms with Crippen LogP contribution in [0.15, 0.2) is 27.6 Å². The Hall–Kier alpha value is -0.150. The predicted molar refractivity (Wildman–Crippen MR) is 57.2 cm³/mol. The lowest BCUT2D eigenvalue weighted by Crippen LogP contribution is -1.95. The lowest BCUT2D eigenvalue weighted by molar-refractivity contribution is 0.310. The van der Waals surface area contributed by atoms with Crippen molar-refractivity contribution in [3.05, 3.63) is 22.7 Å². The van der Waals surface area contributed by atoms with Crippen molar-refractivity contribution in [1.82, 2.24) is 0 Å². The van der Waals surface area contributed by atoms with Crippen LogP contribution in [-0.4, -0.2) is 6.61 Å². The minimum absolute atomic E-state index is 0.745. The van der Waals surface area contributed by atoms with E-state index < -0.39 is 0 Å². The fourth-order valence-electron chi connectivity index (χ4n) is 0.825. The van der Waals surface area contributed by atoms with Gasteiger partial charge < -0.3 is 4.74 Å². The van der Waals surface area contributed by atoms with Gasteiger partial charge in [0.2, 0.25) is 0 Å². The lowest BCUT2D eigenvalue weighted by atomic mass is 10.3. The molecule has 0 fully saturated rings. The largest absolute Gasteiger partial charge is 0.492 e. The zero-order chi connectivity index (χ0) is 8.97. The Morgan fingerprint density at radius 1 is 1.50 bits per heavy atom. The van der Waals surface area contributed by atoms with E-state index in [4.69, 9.17) is 4.74 Å². The molecule has 0 amide bonds. The third-order valence-electron chi connectivity index (χ3n) is 1.38. The lowest BCUT2D eigenvalue weighted by Gasteiger charge is -2.06.